The van der Waals surface area contributed by atoms with E-state index in [0.29, 0.717) is 29.4 Å². The van der Waals surface area contributed by atoms with E-state index in [1.54, 1.807) is 57.7 Å². The van der Waals surface area contributed by atoms with Gasteiger partial charge in [-0.1, -0.05) is 0 Å². The van der Waals surface area contributed by atoms with Gasteiger partial charge in [0.25, 0.3) is 5.91 Å². The number of carbonyl (C=O) groups is 1. The molecule has 7 nitrogen and oxygen atoms in total. The van der Waals surface area contributed by atoms with Crippen LogP contribution >= 0.6 is 0 Å². The predicted octanol–water partition coefficient (Wildman–Crippen LogP) is 3.59. The van der Waals surface area contributed by atoms with Crippen LogP contribution in [0, 0.1) is 0 Å². The highest BCUT2D eigenvalue weighted by molar-refractivity contribution is 7.84. The Morgan fingerprint density at radius 1 is 0.935 bits per heavy atom. The van der Waals surface area contributed by atoms with Crippen molar-refractivity contribution in [3.8, 4) is 17.2 Å². The molecule has 3 aromatic rings. The summed E-state index contributed by atoms with van der Waals surface area (Å²) in [6, 6.07) is 15.8. The van der Waals surface area contributed by atoms with Crippen molar-refractivity contribution >= 4 is 16.7 Å². The minimum atomic E-state index is -1.29. The molecular weight excluding hydrogens is 418 g/mol. The molecule has 1 atom stereocenters. The minimum Gasteiger partial charge on any atom is -0.497 e. The summed E-state index contributed by atoms with van der Waals surface area (Å²) in [6.07, 6.45) is 0.571. The summed E-state index contributed by atoms with van der Waals surface area (Å²) in [5, 5.41) is 2.83. The van der Waals surface area contributed by atoms with Crippen LogP contribution in [0.15, 0.2) is 63.9 Å². The van der Waals surface area contributed by atoms with Crippen LogP contribution in [0.3, 0.4) is 0 Å². The zero-order valence-corrected chi connectivity index (χ0v) is 18.5. The lowest BCUT2D eigenvalue weighted by Gasteiger charge is -2.10. The molecule has 0 unspecified atom stereocenters. The van der Waals surface area contributed by atoms with Gasteiger partial charge in [0, 0.05) is 11.4 Å². The first-order valence-electron chi connectivity index (χ1n) is 9.64. The molecule has 1 heterocycles. The van der Waals surface area contributed by atoms with E-state index in [0.717, 1.165) is 17.1 Å². The Morgan fingerprint density at radius 2 is 1.65 bits per heavy atom. The minimum absolute atomic E-state index is 0.180. The molecule has 0 spiro atoms. The van der Waals surface area contributed by atoms with E-state index in [2.05, 4.69) is 5.32 Å². The Balaban J connectivity index is 1.55. The van der Waals surface area contributed by atoms with Gasteiger partial charge < -0.3 is 23.9 Å². The van der Waals surface area contributed by atoms with Crippen molar-refractivity contribution in [1.29, 1.82) is 0 Å². The van der Waals surface area contributed by atoms with E-state index in [1.165, 1.54) is 0 Å². The number of amides is 1. The Morgan fingerprint density at radius 3 is 2.32 bits per heavy atom. The fraction of sp³-hybridized carbons (Fsp3) is 0.261. The average molecular weight is 444 g/mol. The van der Waals surface area contributed by atoms with Gasteiger partial charge in [0.2, 0.25) is 0 Å². The van der Waals surface area contributed by atoms with Crippen LogP contribution in [0.1, 0.15) is 21.9 Å². The lowest BCUT2D eigenvalue weighted by atomic mass is 10.1. The Bertz CT molecular complexity index is 1040. The van der Waals surface area contributed by atoms with Crippen LogP contribution in [-0.4, -0.2) is 38.0 Å². The normalized spacial score (nSPS) is 11.6. The standard InChI is InChI=1S/C23H25NO6S/c1-27-17-4-8-20(9-5-17)31(26)15-19-7-11-22(30-19)23(25)24-13-12-16-14-18(28-2)6-10-21(16)29-3/h4-11,14H,12-13,15H2,1-3H3,(H,24,25)/t31-/m0/s1. The maximum atomic E-state index is 12.5. The van der Waals surface area contributed by atoms with Gasteiger partial charge in [0.1, 0.15) is 23.0 Å². The molecule has 0 aliphatic heterocycles. The summed E-state index contributed by atoms with van der Waals surface area (Å²) in [6.45, 7) is 0.399. The Labute approximate surface area is 183 Å². The van der Waals surface area contributed by atoms with Crippen molar-refractivity contribution in [3.63, 3.8) is 0 Å². The topological polar surface area (TPSA) is 87.0 Å². The van der Waals surface area contributed by atoms with Crippen molar-refractivity contribution < 1.29 is 27.6 Å². The summed E-state index contributed by atoms with van der Waals surface area (Å²) in [4.78, 5) is 13.1. The third kappa shape index (κ3) is 5.88. The third-order valence-electron chi connectivity index (χ3n) is 4.65. The molecule has 0 bridgehead atoms. The molecule has 31 heavy (non-hydrogen) atoms. The van der Waals surface area contributed by atoms with Crippen LogP contribution in [0.5, 0.6) is 17.2 Å². The SMILES string of the molecule is COc1ccc([S@@](=O)Cc2ccc(C(=O)NCCc3cc(OC)ccc3OC)o2)cc1. The molecule has 1 amide bonds. The number of rotatable bonds is 10. The number of hydrogen-bond donors (Lipinski definition) is 1. The molecule has 2 aromatic carbocycles. The van der Waals surface area contributed by atoms with E-state index in [9.17, 15) is 9.00 Å². The molecule has 8 heteroatoms. The Kier molecular flexibility index (Phi) is 7.72. The number of methoxy groups -OCH3 is 3. The van der Waals surface area contributed by atoms with E-state index < -0.39 is 10.8 Å². The van der Waals surface area contributed by atoms with Crippen molar-refractivity contribution in [3.05, 3.63) is 71.7 Å². The molecule has 1 N–H and O–H groups in total. The molecule has 164 valence electrons. The molecule has 0 saturated carbocycles. The predicted molar refractivity (Wildman–Crippen MR) is 117 cm³/mol. The number of hydrogen-bond acceptors (Lipinski definition) is 6. The summed E-state index contributed by atoms with van der Waals surface area (Å²) < 4.78 is 33.8. The quantitative estimate of drug-likeness (QED) is 0.515. The zero-order chi connectivity index (χ0) is 22.2. The van der Waals surface area contributed by atoms with Crippen LogP contribution < -0.4 is 19.5 Å². The van der Waals surface area contributed by atoms with E-state index in [1.807, 2.05) is 18.2 Å². The highest BCUT2D eigenvalue weighted by Gasteiger charge is 2.14. The maximum absolute atomic E-state index is 12.5. The number of nitrogens with one attached hydrogen (secondary N) is 1. The largest absolute Gasteiger partial charge is 0.497 e. The second-order valence-corrected chi connectivity index (χ2v) is 8.07. The lowest BCUT2D eigenvalue weighted by Crippen LogP contribution is -2.25. The molecule has 0 aliphatic rings. The lowest BCUT2D eigenvalue weighted by molar-refractivity contribution is 0.0925. The molecule has 3 rings (SSSR count). The molecule has 0 radical (unpaired) electrons. The van der Waals surface area contributed by atoms with Gasteiger partial charge in [-0.3, -0.25) is 9.00 Å². The van der Waals surface area contributed by atoms with Gasteiger partial charge >= 0.3 is 0 Å². The summed E-state index contributed by atoms with van der Waals surface area (Å²) in [7, 11) is 3.49. The van der Waals surface area contributed by atoms with Crippen LogP contribution in [0.4, 0.5) is 0 Å². The van der Waals surface area contributed by atoms with Crippen molar-refractivity contribution in [2.24, 2.45) is 0 Å². The second-order valence-electron chi connectivity index (χ2n) is 6.62. The number of ether oxygens (including phenoxy) is 3. The van der Waals surface area contributed by atoms with E-state index in [-0.39, 0.29) is 17.4 Å². The first-order valence-corrected chi connectivity index (χ1v) is 11.0. The average Bonchev–Trinajstić information content (AvgIpc) is 3.27. The van der Waals surface area contributed by atoms with Crippen LogP contribution in [-0.2, 0) is 23.0 Å². The molecular formula is C23H25NO6S. The molecule has 0 aliphatic carbocycles. The number of benzene rings is 2. The van der Waals surface area contributed by atoms with E-state index >= 15 is 0 Å². The highest BCUT2D eigenvalue weighted by Crippen LogP contribution is 2.24. The fourth-order valence-corrected chi connectivity index (χ4v) is 4.01. The van der Waals surface area contributed by atoms with Gasteiger partial charge in [0.05, 0.1) is 37.9 Å². The summed E-state index contributed by atoms with van der Waals surface area (Å²) >= 11 is 0. The van der Waals surface area contributed by atoms with Crippen LogP contribution in [0.25, 0.3) is 0 Å². The van der Waals surface area contributed by atoms with Gasteiger partial charge in [-0.05, 0) is 66.6 Å². The number of carbonyl (C=O) groups excluding carboxylic acids is 1. The second kappa shape index (κ2) is 10.7. The maximum Gasteiger partial charge on any atom is 0.287 e. The molecule has 0 fully saturated rings. The van der Waals surface area contributed by atoms with Crippen molar-refractivity contribution in [2.75, 3.05) is 27.9 Å². The molecule has 1 aromatic heterocycles. The van der Waals surface area contributed by atoms with Crippen molar-refractivity contribution in [2.45, 2.75) is 17.1 Å². The van der Waals surface area contributed by atoms with Gasteiger partial charge in [-0.15, -0.1) is 0 Å². The fourth-order valence-electron chi connectivity index (χ4n) is 2.99. The monoisotopic (exact) mass is 443 g/mol. The van der Waals surface area contributed by atoms with Gasteiger partial charge in [0.15, 0.2) is 5.76 Å². The summed E-state index contributed by atoms with van der Waals surface area (Å²) in [5.41, 5.74) is 0.928. The van der Waals surface area contributed by atoms with Crippen LogP contribution in [0.2, 0.25) is 0 Å². The Hall–Kier alpha value is -3.26. The van der Waals surface area contributed by atoms with Gasteiger partial charge in [-0.25, -0.2) is 0 Å². The number of furan rings is 1. The first kappa shape index (κ1) is 22.4. The smallest absolute Gasteiger partial charge is 0.287 e. The zero-order valence-electron chi connectivity index (χ0n) is 17.7. The van der Waals surface area contributed by atoms with Gasteiger partial charge in [-0.2, -0.15) is 0 Å². The third-order valence-corrected chi connectivity index (χ3v) is 5.99. The highest BCUT2D eigenvalue weighted by atomic mass is 32.2. The summed E-state index contributed by atoms with van der Waals surface area (Å²) in [5.74, 6) is 2.67. The molecule has 0 saturated heterocycles. The van der Waals surface area contributed by atoms with E-state index in [4.69, 9.17) is 18.6 Å². The van der Waals surface area contributed by atoms with Crippen molar-refractivity contribution in [1.82, 2.24) is 5.32 Å². The first-order chi connectivity index (χ1) is 15.0.